The smallest absolute Gasteiger partial charge is 0.243 e. The van der Waals surface area contributed by atoms with Crippen LogP contribution in [-0.4, -0.2) is 39.3 Å². The van der Waals surface area contributed by atoms with Crippen molar-refractivity contribution in [3.05, 3.63) is 23.8 Å². The van der Waals surface area contributed by atoms with Crippen molar-refractivity contribution in [2.75, 3.05) is 26.4 Å². The maximum absolute atomic E-state index is 12.5. The number of carbonyl (C=O) groups is 1. The van der Waals surface area contributed by atoms with Crippen LogP contribution in [0.4, 0.5) is 5.69 Å². The highest BCUT2D eigenvalue weighted by Gasteiger charge is 2.24. The third-order valence-corrected chi connectivity index (χ3v) is 5.03. The van der Waals surface area contributed by atoms with E-state index in [0.29, 0.717) is 17.7 Å². The number of nitrogen functional groups attached to an aromatic ring is 1. The number of carbonyl (C=O) groups excluding carboxylic acids is 1. The van der Waals surface area contributed by atoms with Crippen LogP contribution >= 0.6 is 0 Å². The number of aryl methyl sites for hydroxylation is 1. The Balaban J connectivity index is 3.04. The van der Waals surface area contributed by atoms with Gasteiger partial charge >= 0.3 is 0 Å². The highest BCUT2D eigenvalue weighted by molar-refractivity contribution is 7.89. The molecule has 20 heavy (non-hydrogen) atoms. The molecule has 0 aliphatic carbocycles. The molecule has 0 heterocycles. The molecule has 0 radical (unpaired) electrons. The highest BCUT2D eigenvalue weighted by Crippen LogP contribution is 2.22. The van der Waals surface area contributed by atoms with Crippen LogP contribution in [0.1, 0.15) is 18.9 Å². The van der Waals surface area contributed by atoms with Crippen LogP contribution in [0.3, 0.4) is 0 Å². The number of amides is 1. The number of nitrogens with one attached hydrogen (secondary N) is 1. The standard InChI is InChI=1S/C13H21N3O3S/c1-4-10-5-6-11(14)9-12(10)20(18,19)16(3)8-7-13(17)15-2/h5-6,9H,4,7-8,14H2,1-3H3,(H,15,17). The first-order valence-electron chi connectivity index (χ1n) is 6.38. The average molecular weight is 299 g/mol. The van der Waals surface area contributed by atoms with Crippen LogP contribution in [0.5, 0.6) is 0 Å². The summed E-state index contributed by atoms with van der Waals surface area (Å²) in [6.45, 7) is 2.01. The van der Waals surface area contributed by atoms with Gasteiger partial charge in [-0.25, -0.2) is 12.7 Å². The fraction of sp³-hybridized carbons (Fsp3) is 0.462. The number of hydrogen-bond acceptors (Lipinski definition) is 4. The Morgan fingerprint density at radius 3 is 2.60 bits per heavy atom. The van der Waals surface area contributed by atoms with Gasteiger partial charge in [0.2, 0.25) is 15.9 Å². The highest BCUT2D eigenvalue weighted by atomic mass is 32.2. The van der Waals surface area contributed by atoms with Crippen molar-refractivity contribution in [2.45, 2.75) is 24.7 Å². The Labute approximate surface area is 120 Å². The lowest BCUT2D eigenvalue weighted by Gasteiger charge is -2.19. The summed E-state index contributed by atoms with van der Waals surface area (Å²) in [4.78, 5) is 11.4. The van der Waals surface area contributed by atoms with Crippen LogP contribution in [0.2, 0.25) is 0 Å². The van der Waals surface area contributed by atoms with Crippen molar-refractivity contribution >= 4 is 21.6 Å². The summed E-state index contributed by atoms with van der Waals surface area (Å²) in [7, 11) is -0.658. The summed E-state index contributed by atoms with van der Waals surface area (Å²) in [5, 5.41) is 2.46. The normalized spacial score (nSPS) is 11.6. The number of rotatable bonds is 6. The predicted octanol–water partition coefficient (Wildman–Crippen LogP) is 0.588. The van der Waals surface area contributed by atoms with Crippen LogP contribution < -0.4 is 11.1 Å². The Hall–Kier alpha value is -1.60. The maximum atomic E-state index is 12.5. The molecule has 0 atom stereocenters. The van der Waals surface area contributed by atoms with Gasteiger partial charge in [0, 0.05) is 32.7 Å². The van der Waals surface area contributed by atoms with Crippen LogP contribution in [0, 0.1) is 0 Å². The van der Waals surface area contributed by atoms with Gasteiger partial charge in [-0.2, -0.15) is 0 Å². The van der Waals surface area contributed by atoms with Crippen LogP contribution in [0.15, 0.2) is 23.1 Å². The van der Waals surface area contributed by atoms with Gasteiger partial charge in [-0.1, -0.05) is 13.0 Å². The molecule has 1 rings (SSSR count). The molecule has 112 valence electrons. The zero-order valence-corrected chi connectivity index (χ0v) is 12.8. The molecule has 1 aromatic rings. The molecule has 0 saturated heterocycles. The van der Waals surface area contributed by atoms with Gasteiger partial charge in [-0.15, -0.1) is 0 Å². The quantitative estimate of drug-likeness (QED) is 0.752. The third-order valence-electron chi connectivity index (χ3n) is 3.09. The second-order valence-corrected chi connectivity index (χ2v) is 6.48. The number of sulfonamides is 1. The van der Waals surface area contributed by atoms with Gasteiger partial charge in [0.05, 0.1) is 4.90 Å². The number of nitrogens with two attached hydrogens (primary N) is 1. The second-order valence-electron chi connectivity index (χ2n) is 4.47. The third kappa shape index (κ3) is 3.71. The summed E-state index contributed by atoms with van der Waals surface area (Å²) >= 11 is 0. The SMILES string of the molecule is CCc1ccc(N)cc1S(=O)(=O)N(C)CCC(=O)NC. The predicted molar refractivity (Wildman–Crippen MR) is 78.7 cm³/mol. The largest absolute Gasteiger partial charge is 0.399 e. The van der Waals surface area contributed by atoms with Crippen molar-refractivity contribution < 1.29 is 13.2 Å². The van der Waals surface area contributed by atoms with Crippen molar-refractivity contribution in [3.63, 3.8) is 0 Å². The molecule has 0 aromatic heterocycles. The Bertz CT molecular complexity index is 585. The lowest BCUT2D eigenvalue weighted by Crippen LogP contribution is -2.32. The van der Waals surface area contributed by atoms with Crippen LogP contribution in [-0.2, 0) is 21.2 Å². The molecule has 0 aliphatic heterocycles. The lowest BCUT2D eigenvalue weighted by molar-refractivity contribution is -0.120. The molecule has 0 fully saturated rings. The average Bonchev–Trinajstić information content (AvgIpc) is 2.43. The summed E-state index contributed by atoms with van der Waals surface area (Å²) < 4.78 is 26.2. The number of anilines is 1. The van der Waals surface area contributed by atoms with Gasteiger partial charge in [0.1, 0.15) is 0 Å². The van der Waals surface area contributed by atoms with Crippen molar-refractivity contribution in [3.8, 4) is 0 Å². The second kappa shape index (κ2) is 6.71. The van der Waals surface area contributed by atoms with Gasteiger partial charge in [-0.05, 0) is 24.1 Å². The minimum Gasteiger partial charge on any atom is -0.399 e. The molecular weight excluding hydrogens is 278 g/mol. The summed E-state index contributed by atoms with van der Waals surface area (Å²) in [5.74, 6) is -0.199. The first kappa shape index (κ1) is 16.5. The van der Waals surface area contributed by atoms with E-state index in [4.69, 9.17) is 5.73 Å². The fourth-order valence-corrected chi connectivity index (χ4v) is 3.27. The molecule has 0 saturated carbocycles. The Morgan fingerprint density at radius 1 is 1.40 bits per heavy atom. The van der Waals surface area contributed by atoms with Crippen molar-refractivity contribution in [2.24, 2.45) is 0 Å². The maximum Gasteiger partial charge on any atom is 0.243 e. The van der Waals surface area contributed by atoms with E-state index in [-0.39, 0.29) is 23.8 Å². The Morgan fingerprint density at radius 2 is 2.05 bits per heavy atom. The zero-order chi connectivity index (χ0) is 15.3. The van der Waals surface area contributed by atoms with Gasteiger partial charge in [-0.3, -0.25) is 4.79 Å². The molecule has 1 amide bonds. The van der Waals surface area contributed by atoms with E-state index in [1.165, 1.54) is 24.5 Å². The zero-order valence-electron chi connectivity index (χ0n) is 12.0. The van der Waals surface area contributed by atoms with E-state index < -0.39 is 10.0 Å². The monoisotopic (exact) mass is 299 g/mol. The fourth-order valence-electron chi connectivity index (χ4n) is 1.78. The van der Waals surface area contributed by atoms with Crippen LogP contribution in [0.25, 0.3) is 0 Å². The van der Waals surface area contributed by atoms with Crippen molar-refractivity contribution in [1.82, 2.24) is 9.62 Å². The molecule has 0 unspecified atom stereocenters. The molecule has 7 heteroatoms. The first-order chi connectivity index (χ1) is 9.32. The Kier molecular flexibility index (Phi) is 5.52. The molecule has 3 N–H and O–H groups in total. The lowest BCUT2D eigenvalue weighted by atomic mass is 10.1. The molecule has 0 aliphatic rings. The first-order valence-corrected chi connectivity index (χ1v) is 7.82. The van der Waals surface area contributed by atoms with E-state index in [9.17, 15) is 13.2 Å². The number of nitrogens with zero attached hydrogens (tertiary/aromatic N) is 1. The van der Waals surface area contributed by atoms with Gasteiger partial charge < -0.3 is 11.1 Å². The minimum absolute atomic E-state index is 0.121. The molecule has 0 bridgehead atoms. The summed E-state index contributed by atoms with van der Waals surface area (Å²) in [6, 6.07) is 4.86. The number of benzene rings is 1. The molecular formula is C13H21N3O3S. The summed E-state index contributed by atoms with van der Waals surface area (Å²) in [6.07, 6.45) is 0.716. The van der Waals surface area contributed by atoms with E-state index in [1.54, 1.807) is 12.1 Å². The van der Waals surface area contributed by atoms with Gasteiger partial charge in [0.25, 0.3) is 0 Å². The van der Waals surface area contributed by atoms with Gasteiger partial charge in [0.15, 0.2) is 0 Å². The van der Waals surface area contributed by atoms with E-state index >= 15 is 0 Å². The number of hydrogen-bond donors (Lipinski definition) is 2. The van der Waals surface area contributed by atoms with E-state index in [0.717, 1.165) is 0 Å². The molecule has 0 spiro atoms. The summed E-state index contributed by atoms with van der Waals surface area (Å²) in [5.41, 5.74) is 6.79. The molecule has 1 aromatic carbocycles. The van der Waals surface area contributed by atoms with Crippen molar-refractivity contribution in [1.29, 1.82) is 0 Å². The molecule has 6 nitrogen and oxygen atoms in total. The minimum atomic E-state index is -3.63. The topological polar surface area (TPSA) is 92.5 Å². The van der Waals surface area contributed by atoms with E-state index in [1.807, 2.05) is 6.92 Å². The van der Waals surface area contributed by atoms with E-state index in [2.05, 4.69) is 5.32 Å².